The van der Waals surface area contributed by atoms with Crippen molar-refractivity contribution < 1.29 is 0 Å². The number of hydrogen-bond acceptors (Lipinski definition) is 2. The molecule has 3 N–H and O–H groups in total. The highest BCUT2D eigenvalue weighted by molar-refractivity contribution is 7.80. The average molecular weight is 181 g/mol. The van der Waals surface area contributed by atoms with Gasteiger partial charge in [-0.05, 0) is 24.4 Å². The number of nitrogens with zero attached hydrogens (tertiary/aromatic N) is 1. The number of rotatable bonds is 2. The fourth-order valence-corrected chi connectivity index (χ4v) is 1.02. The molecule has 4 heteroatoms. The fraction of sp³-hybridized carbons (Fsp3) is 0.125. The maximum absolute atomic E-state index is 5.31. The van der Waals surface area contributed by atoms with Crippen LogP contribution in [0.2, 0.25) is 0 Å². The monoisotopic (exact) mass is 181 g/mol. The minimum absolute atomic E-state index is 0.265. The molecule has 0 saturated heterocycles. The number of nitrogens with one attached hydrogen (secondary N) is 1. The number of thiocarbonyl (C=S) groups is 1. The topological polar surface area (TPSA) is 41.3 Å². The van der Waals surface area contributed by atoms with Crippen LogP contribution in [0.1, 0.15) is 0 Å². The number of anilines is 1. The van der Waals surface area contributed by atoms with Gasteiger partial charge in [-0.2, -0.15) is 0 Å². The summed E-state index contributed by atoms with van der Waals surface area (Å²) in [5.41, 5.74) is 9.13. The molecule has 3 nitrogen and oxygen atoms in total. The number of nitrogens with two attached hydrogens (primary N) is 1. The van der Waals surface area contributed by atoms with E-state index < -0.39 is 0 Å². The van der Waals surface area contributed by atoms with E-state index in [1.807, 2.05) is 37.4 Å². The molecule has 0 saturated carbocycles. The lowest BCUT2D eigenvalue weighted by atomic mass is 10.3. The molecule has 1 aromatic rings. The molecule has 0 heterocycles. The van der Waals surface area contributed by atoms with Crippen molar-refractivity contribution >= 4 is 23.0 Å². The SMILES string of the molecule is CN(NC(N)=S)c1ccccc1. The Morgan fingerprint density at radius 1 is 1.42 bits per heavy atom. The van der Waals surface area contributed by atoms with Crippen LogP contribution in [0.5, 0.6) is 0 Å². The molecule has 0 bridgehead atoms. The van der Waals surface area contributed by atoms with E-state index in [-0.39, 0.29) is 5.11 Å². The molecule has 0 unspecified atom stereocenters. The lowest BCUT2D eigenvalue weighted by Gasteiger charge is -2.19. The maximum atomic E-state index is 5.31. The molecule has 0 aromatic heterocycles. The predicted octanol–water partition coefficient (Wildman–Crippen LogP) is 0.871. The summed E-state index contributed by atoms with van der Waals surface area (Å²) in [7, 11) is 1.86. The number of benzene rings is 1. The largest absolute Gasteiger partial charge is 0.375 e. The Kier molecular flexibility index (Phi) is 2.88. The first-order valence-corrected chi connectivity index (χ1v) is 3.96. The van der Waals surface area contributed by atoms with Gasteiger partial charge in [-0.15, -0.1) is 0 Å². The van der Waals surface area contributed by atoms with Gasteiger partial charge in [0.05, 0.1) is 5.69 Å². The van der Waals surface area contributed by atoms with Crippen LogP contribution in [0.3, 0.4) is 0 Å². The zero-order valence-electron chi connectivity index (χ0n) is 6.82. The summed E-state index contributed by atoms with van der Waals surface area (Å²) in [6.07, 6.45) is 0. The Bertz CT molecular complexity index is 260. The van der Waals surface area contributed by atoms with Crippen molar-refractivity contribution in [2.24, 2.45) is 5.73 Å². The summed E-state index contributed by atoms with van der Waals surface area (Å²) in [5, 5.41) is 2.03. The molecule has 0 spiro atoms. The van der Waals surface area contributed by atoms with E-state index in [0.717, 1.165) is 5.69 Å². The minimum Gasteiger partial charge on any atom is -0.375 e. The first-order chi connectivity index (χ1) is 5.70. The van der Waals surface area contributed by atoms with Crippen molar-refractivity contribution in [3.63, 3.8) is 0 Å². The van der Waals surface area contributed by atoms with Gasteiger partial charge in [0.1, 0.15) is 0 Å². The van der Waals surface area contributed by atoms with E-state index >= 15 is 0 Å². The number of para-hydroxylation sites is 1. The quantitative estimate of drug-likeness (QED) is 0.525. The summed E-state index contributed by atoms with van der Waals surface area (Å²) in [6.45, 7) is 0. The predicted molar refractivity (Wildman–Crippen MR) is 54.8 cm³/mol. The van der Waals surface area contributed by atoms with E-state index in [2.05, 4.69) is 5.43 Å². The second-order valence-electron chi connectivity index (χ2n) is 2.37. The van der Waals surface area contributed by atoms with Crippen molar-refractivity contribution in [3.05, 3.63) is 30.3 Å². The lowest BCUT2D eigenvalue weighted by Crippen LogP contribution is -2.42. The van der Waals surface area contributed by atoms with Crippen molar-refractivity contribution in [1.82, 2.24) is 5.43 Å². The van der Waals surface area contributed by atoms with Crippen molar-refractivity contribution in [2.45, 2.75) is 0 Å². The van der Waals surface area contributed by atoms with Crippen LogP contribution in [0.15, 0.2) is 30.3 Å². The number of hydrogen-bond donors (Lipinski definition) is 2. The zero-order valence-corrected chi connectivity index (χ0v) is 7.64. The Labute approximate surface area is 77.1 Å². The highest BCUT2D eigenvalue weighted by Crippen LogP contribution is 2.07. The molecule has 0 radical (unpaired) electrons. The third-order valence-corrected chi connectivity index (χ3v) is 1.51. The van der Waals surface area contributed by atoms with Crippen molar-refractivity contribution in [1.29, 1.82) is 0 Å². The Balaban J connectivity index is 2.65. The Hall–Kier alpha value is -1.29. The van der Waals surface area contributed by atoms with E-state index in [0.29, 0.717) is 0 Å². The van der Waals surface area contributed by atoms with Crippen LogP contribution >= 0.6 is 12.2 Å². The van der Waals surface area contributed by atoms with Crippen LogP contribution in [0.4, 0.5) is 5.69 Å². The smallest absolute Gasteiger partial charge is 0.182 e. The van der Waals surface area contributed by atoms with Crippen LogP contribution in [-0.2, 0) is 0 Å². The molecule has 0 aliphatic carbocycles. The standard InChI is InChI=1S/C8H11N3S/c1-11(10-8(9)12)7-5-3-2-4-6-7/h2-6H,1H3,(H3,9,10,12). The van der Waals surface area contributed by atoms with Crippen molar-refractivity contribution in [2.75, 3.05) is 12.1 Å². The zero-order chi connectivity index (χ0) is 8.97. The second kappa shape index (κ2) is 3.92. The van der Waals surface area contributed by atoms with Crippen LogP contribution in [0.25, 0.3) is 0 Å². The third-order valence-electron chi connectivity index (χ3n) is 1.42. The molecule has 12 heavy (non-hydrogen) atoms. The summed E-state index contributed by atoms with van der Waals surface area (Å²) in [5.74, 6) is 0. The van der Waals surface area contributed by atoms with Crippen molar-refractivity contribution in [3.8, 4) is 0 Å². The first kappa shape index (κ1) is 8.80. The van der Waals surface area contributed by atoms with E-state index in [9.17, 15) is 0 Å². The molecule has 0 atom stereocenters. The Morgan fingerprint density at radius 3 is 2.50 bits per heavy atom. The van der Waals surface area contributed by atoms with Gasteiger partial charge in [0.2, 0.25) is 0 Å². The van der Waals surface area contributed by atoms with Gasteiger partial charge in [-0.1, -0.05) is 18.2 Å². The van der Waals surface area contributed by atoms with E-state index in [1.54, 1.807) is 5.01 Å². The van der Waals surface area contributed by atoms with Gasteiger partial charge >= 0.3 is 0 Å². The molecule has 1 rings (SSSR count). The second-order valence-corrected chi connectivity index (χ2v) is 2.81. The molecule has 0 amide bonds. The van der Waals surface area contributed by atoms with Gasteiger partial charge in [0, 0.05) is 7.05 Å². The minimum atomic E-state index is 0.265. The average Bonchev–Trinajstić information content (AvgIpc) is 2.05. The van der Waals surface area contributed by atoms with Gasteiger partial charge in [-0.3, -0.25) is 10.4 Å². The van der Waals surface area contributed by atoms with E-state index in [1.165, 1.54) is 0 Å². The highest BCUT2D eigenvalue weighted by Gasteiger charge is 1.97. The molecule has 0 aliphatic heterocycles. The maximum Gasteiger partial charge on any atom is 0.182 e. The summed E-state index contributed by atoms with van der Waals surface area (Å²) in [6, 6.07) is 9.79. The number of hydrazine groups is 1. The fourth-order valence-electron chi connectivity index (χ4n) is 0.881. The van der Waals surface area contributed by atoms with Gasteiger partial charge < -0.3 is 5.73 Å². The van der Waals surface area contributed by atoms with Crippen LogP contribution in [-0.4, -0.2) is 12.2 Å². The summed E-state index contributed by atoms with van der Waals surface area (Å²) >= 11 is 4.70. The summed E-state index contributed by atoms with van der Waals surface area (Å²) < 4.78 is 0. The molecule has 0 fully saturated rings. The molecule has 64 valence electrons. The molecular weight excluding hydrogens is 170 g/mol. The van der Waals surface area contributed by atoms with Crippen LogP contribution in [0, 0.1) is 0 Å². The lowest BCUT2D eigenvalue weighted by molar-refractivity contribution is 0.884. The normalized spacial score (nSPS) is 9.08. The molecule has 1 aromatic carbocycles. The van der Waals surface area contributed by atoms with Gasteiger partial charge in [0.15, 0.2) is 5.11 Å². The highest BCUT2D eigenvalue weighted by atomic mass is 32.1. The van der Waals surface area contributed by atoms with E-state index in [4.69, 9.17) is 18.0 Å². The van der Waals surface area contributed by atoms with Crippen LogP contribution < -0.4 is 16.2 Å². The Morgan fingerprint density at radius 2 is 2.00 bits per heavy atom. The first-order valence-electron chi connectivity index (χ1n) is 3.55. The van der Waals surface area contributed by atoms with Gasteiger partial charge in [0.25, 0.3) is 0 Å². The molecule has 0 aliphatic rings. The summed E-state index contributed by atoms with van der Waals surface area (Å²) in [4.78, 5) is 0. The molecular formula is C8H11N3S. The van der Waals surface area contributed by atoms with Gasteiger partial charge in [-0.25, -0.2) is 0 Å². The third kappa shape index (κ3) is 2.39.